The molecule has 4 heteroatoms. The van der Waals surface area contributed by atoms with Crippen molar-refractivity contribution in [3.05, 3.63) is 29.8 Å². The van der Waals surface area contributed by atoms with E-state index in [4.69, 9.17) is 0 Å². The molecule has 0 fully saturated rings. The molecule has 0 bridgehead atoms. The first kappa shape index (κ1) is 12.5. The van der Waals surface area contributed by atoms with E-state index in [1.54, 1.807) is 11.8 Å². The third-order valence-corrected chi connectivity index (χ3v) is 3.34. The molecule has 0 radical (unpaired) electrons. The van der Waals surface area contributed by atoms with Crippen molar-refractivity contribution in [1.29, 1.82) is 0 Å². The summed E-state index contributed by atoms with van der Waals surface area (Å²) in [5.74, 6) is 1.66. The molecule has 84 valence electrons. The number of nitrogens with zero attached hydrogens (tertiary/aromatic N) is 1. The van der Waals surface area contributed by atoms with Gasteiger partial charge in [0.2, 0.25) is 0 Å². The van der Waals surface area contributed by atoms with Gasteiger partial charge in [-0.3, -0.25) is 4.98 Å². The zero-order valence-electron chi connectivity index (χ0n) is 8.98. The molecular weight excluding hydrogens is 213 g/mol. The minimum Gasteiger partial charge on any atom is -0.387 e. The van der Waals surface area contributed by atoms with Gasteiger partial charge in [0.05, 0.1) is 12.3 Å². The van der Waals surface area contributed by atoms with E-state index in [0.717, 1.165) is 11.9 Å². The van der Waals surface area contributed by atoms with Crippen LogP contribution in [0.15, 0.2) is 18.5 Å². The number of halogens is 1. The third kappa shape index (κ3) is 4.18. The maximum absolute atomic E-state index is 13.2. The van der Waals surface area contributed by atoms with E-state index in [1.165, 1.54) is 12.3 Å². The third-order valence-electron chi connectivity index (χ3n) is 1.89. The lowest BCUT2D eigenvalue weighted by molar-refractivity contribution is 0.198. The van der Waals surface area contributed by atoms with Crippen LogP contribution in [0.4, 0.5) is 4.39 Å². The number of aromatic nitrogens is 1. The van der Waals surface area contributed by atoms with Crippen molar-refractivity contribution < 1.29 is 9.50 Å². The monoisotopic (exact) mass is 229 g/mol. The van der Waals surface area contributed by atoms with Gasteiger partial charge in [-0.15, -0.1) is 0 Å². The smallest absolute Gasteiger partial charge is 0.147 e. The van der Waals surface area contributed by atoms with Gasteiger partial charge in [-0.05, 0) is 17.7 Å². The van der Waals surface area contributed by atoms with Crippen LogP contribution in [-0.4, -0.2) is 21.6 Å². The molecular formula is C11H16FNOS. The minimum absolute atomic E-state index is 0.334. The molecule has 0 saturated heterocycles. The highest BCUT2D eigenvalue weighted by molar-refractivity contribution is 7.99. The molecule has 1 atom stereocenters. The highest BCUT2D eigenvalue weighted by atomic mass is 32.2. The molecule has 2 nitrogen and oxygen atoms in total. The average molecular weight is 229 g/mol. The Hall–Kier alpha value is -0.610. The molecule has 1 unspecified atom stereocenters. The van der Waals surface area contributed by atoms with Crippen LogP contribution >= 0.6 is 11.8 Å². The SMILES string of the molecule is CC(C)CSCC(O)c1ccncc1F. The van der Waals surface area contributed by atoms with Crippen molar-refractivity contribution in [2.45, 2.75) is 20.0 Å². The maximum Gasteiger partial charge on any atom is 0.147 e. The summed E-state index contributed by atoms with van der Waals surface area (Å²) in [6.07, 6.45) is 1.89. The lowest BCUT2D eigenvalue weighted by Crippen LogP contribution is -2.05. The number of hydrogen-bond acceptors (Lipinski definition) is 3. The quantitative estimate of drug-likeness (QED) is 0.842. The summed E-state index contributed by atoms with van der Waals surface area (Å²) in [6, 6.07) is 1.52. The van der Waals surface area contributed by atoms with Gasteiger partial charge >= 0.3 is 0 Å². The zero-order valence-corrected chi connectivity index (χ0v) is 9.80. The largest absolute Gasteiger partial charge is 0.387 e. The van der Waals surface area contributed by atoms with Crippen LogP contribution in [0.2, 0.25) is 0 Å². The van der Waals surface area contributed by atoms with Gasteiger partial charge < -0.3 is 5.11 Å². The van der Waals surface area contributed by atoms with E-state index in [2.05, 4.69) is 18.8 Å². The first-order chi connectivity index (χ1) is 7.11. The van der Waals surface area contributed by atoms with Crippen LogP contribution in [0.1, 0.15) is 25.5 Å². The van der Waals surface area contributed by atoms with E-state index in [-0.39, 0.29) is 0 Å². The van der Waals surface area contributed by atoms with Gasteiger partial charge in [-0.2, -0.15) is 11.8 Å². The number of rotatable bonds is 5. The van der Waals surface area contributed by atoms with Crippen LogP contribution in [0.25, 0.3) is 0 Å². The highest BCUT2D eigenvalue weighted by Crippen LogP contribution is 2.21. The van der Waals surface area contributed by atoms with E-state index < -0.39 is 11.9 Å². The van der Waals surface area contributed by atoms with E-state index >= 15 is 0 Å². The van der Waals surface area contributed by atoms with Gasteiger partial charge in [0.1, 0.15) is 5.82 Å². The lowest BCUT2D eigenvalue weighted by atomic mass is 10.2. The summed E-state index contributed by atoms with van der Waals surface area (Å²) < 4.78 is 13.2. The van der Waals surface area contributed by atoms with Gasteiger partial charge in [-0.25, -0.2) is 4.39 Å². The van der Waals surface area contributed by atoms with Crippen LogP contribution in [0.5, 0.6) is 0 Å². The Kier molecular flexibility index (Phi) is 5.05. The number of aliphatic hydroxyl groups excluding tert-OH is 1. The standard InChI is InChI=1S/C11H16FNOS/c1-8(2)6-15-7-11(14)9-3-4-13-5-10(9)12/h3-5,8,11,14H,6-7H2,1-2H3. The fourth-order valence-electron chi connectivity index (χ4n) is 1.16. The summed E-state index contributed by atoms with van der Waals surface area (Å²) in [5.41, 5.74) is 0.334. The Morgan fingerprint density at radius 1 is 1.47 bits per heavy atom. The fraction of sp³-hybridized carbons (Fsp3) is 0.545. The van der Waals surface area contributed by atoms with Crippen LogP contribution < -0.4 is 0 Å². The predicted molar refractivity (Wildman–Crippen MR) is 61.3 cm³/mol. The van der Waals surface area contributed by atoms with Crippen LogP contribution in [0, 0.1) is 11.7 Å². The zero-order chi connectivity index (χ0) is 11.3. The molecule has 1 aromatic rings. The molecule has 0 spiro atoms. The second-order valence-corrected chi connectivity index (χ2v) is 4.92. The summed E-state index contributed by atoms with van der Waals surface area (Å²) in [6.45, 7) is 4.23. The lowest BCUT2D eigenvalue weighted by Gasteiger charge is -2.11. The summed E-state index contributed by atoms with van der Waals surface area (Å²) in [4.78, 5) is 3.64. The molecule has 0 aliphatic heterocycles. The minimum atomic E-state index is -0.739. The topological polar surface area (TPSA) is 33.1 Å². The second kappa shape index (κ2) is 6.08. The van der Waals surface area contributed by atoms with Crippen molar-refractivity contribution in [3.63, 3.8) is 0 Å². The van der Waals surface area contributed by atoms with Gasteiger partial charge in [0.25, 0.3) is 0 Å². The van der Waals surface area contributed by atoms with E-state index in [9.17, 15) is 9.50 Å². The normalized spacial score (nSPS) is 13.1. The summed E-state index contributed by atoms with van der Waals surface area (Å²) >= 11 is 1.64. The molecule has 0 aliphatic carbocycles. The Labute approximate surface area is 93.9 Å². The van der Waals surface area contributed by atoms with Crippen molar-refractivity contribution in [3.8, 4) is 0 Å². The molecule has 1 N–H and O–H groups in total. The van der Waals surface area contributed by atoms with Crippen molar-refractivity contribution in [2.75, 3.05) is 11.5 Å². The predicted octanol–water partition coefficient (Wildman–Crippen LogP) is 2.64. The number of thioether (sulfide) groups is 1. The fourth-order valence-corrected chi connectivity index (χ4v) is 2.17. The maximum atomic E-state index is 13.2. The van der Waals surface area contributed by atoms with Crippen LogP contribution in [-0.2, 0) is 0 Å². The first-order valence-corrected chi connectivity index (χ1v) is 6.12. The first-order valence-electron chi connectivity index (χ1n) is 4.96. The van der Waals surface area contributed by atoms with Crippen molar-refractivity contribution >= 4 is 11.8 Å². The van der Waals surface area contributed by atoms with E-state index in [0.29, 0.717) is 17.2 Å². The number of hydrogen-bond donors (Lipinski definition) is 1. The molecule has 1 rings (SSSR count). The van der Waals surface area contributed by atoms with Crippen molar-refractivity contribution in [1.82, 2.24) is 4.98 Å². The van der Waals surface area contributed by atoms with Gasteiger partial charge in [-0.1, -0.05) is 13.8 Å². The molecule has 0 saturated carbocycles. The molecule has 15 heavy (non-hydrogen) atoms. The van der Waals surface area contributed by atoms with Crippen LogP contribution in [0.3, 0.4) is 0 Å². The summed E-state index contributed by atoms with van der Waals surface area (Å²) in [7, 11) is 0. The number of pyridine rings is 1. The summed E-state index contributed by atoms with van der Waals surface area (Å²) in [5, 5.41) is 9.73. The molecule has 0 aromatic carbocycles. The Balaban J connectivity index is 2.47. The van der Waals surface area contributed by atoms with Crippen molar-refractivity contribution in [2.24, 2.45) is 5.92 Å². The molecule has 0 aliphatic rings. The average Bonchev–Trinajstić information content (AvgIpc) is 2.17. The molecule has 0 amide bonds. The Bertz CT molecular complexity index is 306. The second-order valence-electron chi connectivity index (χ2n) is 3.84. The van der Waals surface area contributed by atoms with Gasteiger partial charge in [0.15, 0.2) is 0 Å². The number of aliphatic hydroxyl groups is 1. The molecule has 1 heterocycles. The molecule has 1 aromatic heterocycles. The van der Waals surface area contributed by atoms with E-state index in [1.807, 2.05) is 0 Å². The highest BCUT2D eigenvalue weighted by Gasteiger charge is 2.12. The Morgan fingerprint density at radius 3 is 2.80 bits per heavy atom. The van der Waals surface area contributed by atoms with Gasteiger partial charge in [0, 0.05) is 17.5 Å². The Morgan fingerprint density at radius 2 is 2.20 bits per heavy atom.